The Hall–Kier alpha value is -1.65. The molecule has 5 heteroatoms. The first-order valence-corrected chi connectivity index (χ1v) is 4.29. The molecule has 0 bridgehead atoms. The smallest absolute Gasteiger partial charge is 0.275 e. The lowest BCUT2D eigenvalue weighted by molar-refractivity contribution is 0.0822. The summed E-state index contributed by atoms with van der Waals surface area (Å²) in [7, 11) is 5.09. The van der Waals surface area contributed by atoms with E-state index in [1.54, 1.807) is 34.3 Å². The van der Waals surface area contributed by atoms with Gasteiger partial charge in [0.2, 0.25) is 0 Å². The van der Waals surface area contributed by atoms with Crippen LogP contribution >= 0.6 is 0 Å². The molecule has 0 aliphatic rings. The number of aryl methyl sites for hydroxylation is 1. The van der Waals surface area contributed by atoms with E-state index >= 15 is 0 Å². The van der Waals surface area contributed by atoms with Crippen molar-refractivity contribution in [2.75, 3.05) is 26.5 Å². The van der Waals surface area contributed by atoms with Crippen LogP contribution in [0.2, 0.25) is 0 Å². The SMILES string of the molecule is CNc1ncc(C)nc1C(=O)N(C)C. The van der Waals surface area contributed by atoms with Crippen LogP contribution in [-0.4, -0.2) is 41.9 Å². The minimum absolute atomic E-state index is 0.148. The molecule has 0 spiro atoms. The Kier molecular flexibility index (Phi) is 3.01. The Morgan fingerprint density at radius 3 is 2.64 bits per heavy atom. The maximum absolute atomic E-state index is 11.7. The number of nitrogens with one attached hydrogen (secondary N) is 1. The van der Waals surface area contributed by atoms with Crippen LogP contribution in [-0.2, 0) is 0 Å². The number of carbonyl (C=O) groups excluding carboxylic acids is 1. The van der Waals surface area contributed by atoms with Gasteiger partial charge in [-0.05, 0) is 6.92 Å². The highest BCUT2D eigenvalue weighted by atomic mass is 16.2. The number of anilines is 1. The van der Waals surface area contributed by atoms with E-state index in [4.69, 9.17) is 0 Å². The molecule has 1 rings (SSSR count). The summed E-state index contributed by atoms with van der Waals surface area (Å²) in [5.74, 6) is 0.361. The number of amides is 1. The molecule has 0 aromatic carbocycles. The number of aromatic nitrogens is 2. The van der Waals surface area contributed by atoms with Crippen molar-refractivity contribution in [3.8, 4) is 0 Å². The molecule has 1 aromatic heterocycles. The van der Waals surface area contributed by atoms with Gasteiger partial charge in [0.1, 0.15) is 0 Å². The molecule has 0 aliphatic carbocycles. The molecule has 1 N–H and O–H groups in total. The molecule has 0 atom stereocenters. The minimum Gasteiger partial charge on any atom is -0.371 e. The van der Waals surface area contributed by atoms with Crippen molar-refractivity contribution in [1.29, 1.82) is 0 Å². The third-order valence-corrected chi connectivity index (χ3v) is 1.74. The first-order chi connectivity index (χ1) is 6.56. The molecular weight excluding hydrogens is 180 g/mol. The van der Waals surface area contributed by atoms with Crippen LogP contribution < -0.4 is 5.32 Å². The normalized spacial score (nSPS) is 9.71. The summed E-state index contributed by atoms with van der Waals surface area (Å²) >= 11 is 0. The zero-order valence-corrected chi connectivity index (χ0v) is 8.83. The van der Waals surface area contributed by atoms with E-state index in [9.17, 15) is 4.79 Å². The molecule has 1 heterocycles. The number of nitrogens with zero attached hydrogens (tertiary/aromatic N) is 3. The average molecular weight is 194 g/mol. The average Bonchev–Trinajstić information content (AvgIpc) is 2.16. The highest BCUT2D eigenvalue weighted by molar-refractivity contribution is 5.96. The monoisotopic (exact) mass is 194 g/mol. The second-order valence-electron chi connectivity index (χ2n) is 3.16. The first kappa shape index (κ1) is 10.4. The molecule has 0 fully saturated rings. The van der Waals surface area contributed by atoms with Crippen molar-refractivity contribution in [2.45, 2.75) is 6.92 Å². The molecule has 76 valence electrons. The van der Waals surface area contributed by atoms with Crippen LogP contribution in [0.15, 0.2) is 6.20 Å². The van der Waals surface area contributed by atoms with E-state index in [0.717, 1.165) is 5.69 Å². The van der Waals surface area contributed by atoms with Gasteiger partial charge < -0.3 is 10.2 Å². The third kappa shape index (κ3) is 1.99. The van der Waals surface area contributed by atoms with E-state index in [1.807, 2.05) is 0 Å². The maximum atomic E-state index is 11.7. The lowest BCUT2D eigenvalue weighted by Crippen LogP contribution is -2.24. The highest BCUT2D eigenvalue weighted by Crippen LogP contribution is 2.10. The van der Waals surface area contributed by atoms with Gasteiger partial charge in [-0.1, -0.05) is 0 Å². The summed E-state index contributed by atoms with van der Waals surface area (Å²) in [6.45, 7) is 1.80. The van der Waals surface area contributed by atoms with Crippen molar-refractivity contribution >= 4 is 11.7 Å². The minimum atomic E-state index is -0.148. The number of hydrogen-bond acceptors (Lipinski definition) is 4. The fourth-order valence-electron chi connectivity index (χ4n) is 1.02. The maximum Gasteiger partial charge on any atom is 0.275 e. The summed E-state index contributed by atoms with van der Waals surface area (Å²) in [4.78, 5) is 21.4. The van der Waals surface area contributed by atoms with Gasteiger partial charge in [0.05, 0.1) is 11.9 Å². The molecule has 0 saturated carbocycles. The fourth-order valence-corrected chi connectivity index (χ4v) is 1.02. The molecular formula is C9H14N4O. The Labute approximate surface area is 83.2 Å². The number of carbonyl (C=O) groups is 1. The third-order valence-electron chi connectivity index (χ3n) is 1.74. The van der Waals surface area contributed by atoms with Crippen LogP contribution in [0.5, 0.6) is 0 Å². The van der Waals surface area contributed by atoms with Crippen LogP contribution in [0, 0.1) is 6.92 Å². The standard InChI is InChI=1S/C9H14N4O/c1-6-5-11-8(10-2)7(12-6)9(14)13(3)4/h5H,1-4H3,(H,10,11). The zero-order chi connectivity index (χ0) is 10.7. The molecule has 5 nitrogen and oxygen atoms in total. The fraction of sp³-hybridized carbons (Fsp3) is 0.444. The largest absolute Gasteiger partial charge is 0.371 e. The van der Waals surface area contributed by atoms with Crippen molar-refractivity contribution in [2.24, 2.45) is 0 Å². The summed E-state index contributed by atoms with van der Waals surface area (Å²) < 4.78 is 0. The molecule has 1 aromatic rings. The molecule has 0 aliphatic heterocycles. The van der Waals surface area contributed by atoms with Crippen LogP contribution in [0.4, 0.5) is 5.82 Å². The Bertz CT molecular complexity index is 349. The van der Waals surface area contributed by atoms with Gasteiger partial charge in [-0.3, -0.25) is 4.79 Å². The number of rotatable bonds is 2. The first-order valence-electron chi connectivity index (χ1n) is 4.29. The van der Waals surface area contributed by atoms with E-state index in [2.05, 4.69) is 15.3 Å². The summed E-state index contributed by atoms with van der Waals surface area (Å²) in [5.41, 5.74) is 1.09. The molecule has 14 heavy (non-hydrogen) atoms. The quantitative estimate of drug-likeness (QED) is 0.746. The molecule has 0 unspecified atom stereocenters. The summed E-state index contributed by atoms with van der Waals surface area (Å²) in [6.07, 6.45) is 1.62. The predicted octanol–water partition coefficient (Wildman–Crippen LogP) is 0.529. The van der Waals surface area contributed by atoms with E-state index in [1.165, 1.54) is 4.90 Å². The van der Waals surface area contributed by atoms with Crippen LogP contribution in [0.3, 0.4) is 0 Å². The molecule has 0 saturated heterocycles. The topological polar surface area (TPSA) is 58.1 Å². The van der Waals surface area contributed by atoms with Crippen molar-refractivity contribution in [3.05, 3.63) is 17.6 Å². The molecule has 1 amide bonds. The predicted molar refractivity (Wildman–Crippen MR) is 54.3 cm³/mol. The van der Waals surface area contributed by atoms with E-state index in [0.29, 0.717) is 11.5 Å². The second kappa shape index (κ2) is 4.04. The van der Waals surface area contributed by atoms with Crippen molar-refractivity contribution in [1.82, 2.24) is 14.9 Å². The van der Waals surface area contributed by atoms with Gasteiger partial charge in [-0.2, -0.15) is 0 Å². The van der Waals surface area contributed by atoms with Crippen LogP contribution in [0.1, 0.15) is 16.2 Å². The van der Waals surface area contributed by atoms with Crippen molar-refractivity contribution < 1.29 is 4.79 Å². The van der Waals surface area contributed by atoms with Crippen LogP contribution in [0.25, 0.3) is 0 Å². The lowest BCUT2D eigenvalue weighted by Gasteiger charge is -2.12. The van der Waals surface area contributed by atoms with Crippen molar-refractivity contribution in [3.63, 3.8) is 0 Å². The number of hydrogen-bond donors (Lipinski definition) is 1. The zero-order valence-electron chi connectivity index (χ0n) is 8.83. The van der Waals surface area contributed by atoms with E-state index in [-0.39, 0.29) is 5.91 Å². The Morgan fingerprint density at radius 2 is 2.14 bits per heavy atom. The Balaban J connectivity index is 3.17. The van der Waals surface area contributed by atoms with Gasteiger partial charge in [-0.25, -0.2) is 9.97 Å². The Morgan fingerprint density at radius 1 is 1.50 bits per heavy atom. The second-order valence-corrected chi connectivity index (χ2v) is 3.16. The van der Waals surface area contributed by atoms with E-state index < -0.39 is 0 Å². The van der Waals surface area contributed by atoms with Gasteiger partial charge in [0, 0.05) is 21.1 Å². The lowest BCUT2D eigenvalue weighted by atomic mass is 10.3. The van der Waals surface area contributed by atoms with Gasteiger partial charge >= 0.3 is 0 Å². The molecule has 0 radical (unpaired) electrons. The highest BCUT2D eigenvalue weighted by Gasteiger charge is 2.15. The van der Waals surface area contributed by atoms with Gasteiger partial charge in [0.15, 0.2) is 11.5 Å². The summed E-state index contributed by atoms with van der Waals surface area (Å²) in [5, 5.41) is 2.84. The van der Waals surface area contributed by atoms with Gasteiger partial charge in [0.25, 0.3) is 5.91 Å². The summed E-state index contributed by atoms with van der Waals surface area (Å²) in [6, 6.07) is 0. The van der Waals surface area contributed by atoms with Gasteiger partial charge in [-0.15, -0.1) is 0 Å².